The lowest BCUT2D eigenvalue weighted by Crippen LogP contribution is -2.35. The molecule has 0 aliphatic rings. The van der Waals surface area contributed by atoms with Crippen LogP contribution in [-0.2, 0) is 9.59 Å². The van der Waals surface area contributed by atoms with E-state index in [0.717, 1.165) is 0 Å². The van der Waals surface area contributed by atoms with Crippen LogP contribution in [0.3, 0.4) is 0 Å². The largest absolute Gasteiger partial charge is 0.480 e. The third kappa shape index (κ3) is 2.54. The predicted octanol–water partition coefficient (Wildman–Crippen LogP) is 0.667. The molecule has 0 aliphatic carbocycles. The summed E-state index contributed by atoms with van der Waals surface area (Å²) in [4.78, 5) is 31.4. The van der Waals surface area contributed by atoms with Crippen molar-refractivity contribution in [2.45, 2.75) is 0 Å². The van der Waals surface area contributed by atoms with Crippen LogP contribution in [0.5, 0.6) is 0 Å². The molecule has 0 unspecified atom stereocenters. The lowest BCUT2D eigenvalue weighted by atomic mass is 10.3. The van der Waals surface area contributed by atoms with Crippen LogP contribution < -0.4 is 4.90 Å². The quantitative estimate of drug-likeness (QED) is 0.820. The van der Waals surface area contributed by atoms with E-state index >= 15 is 0 Å². The molecule has 2 N–H and O–H groups in total. The molecule has 94 valence electrons. The third-order valence-corrected chi connectivity index (χ3v) is 3.01. The molecule has 0 radical (unpaired) electrons. The van der Waals surface area contributed by atoms with E-state index in [1.807, 2.05) is 0 Å². The van der Waals surface area contributed by atoms with E-state index in [4.69, 9.17) is 10.2 Å². The van der Waals surface area contributed by atoms with Gasteiger partial charge in [0.05, 0.1) is 5.39 Å². The van der Waals surface area contributed by atoms with Gasteiger partial charge in [-0.2, -0.15) is 0 Å². The molecule has 2 aromatic rings. The summed E-state index contributed by atoms with van der Waals surface area (Å²) in [6.45, 7) is -0.845. The summed E-state index contributed by atoms with van der Waals surface area (Å²) in [6.07, 6.45) is 1.30. The Hall–Kier alpha value is -2.22. The molecule has 2 rings (SSSR count). The van der Waals surface area contributed by atoms with Gasteiger partial charge in [-0.05, 0) is 11.4 Å². The zero-order chi connectivity index (χ0) is 13.1. The van der Waals surface area contributed by atoms with Crippen molar-refractivity contribution in [2.24, 2.45) is 0 Å². The van der Waals surface area contributed by atoms with Gasteiger partial charge < -0.3 is 15.1 Å². The fourth-order valence-corrected chi connectivity index (χ4v) is 2.29. The average molecular weight is 267 g/mol. The molecule has 18 heavy (non-hydrogen) atoms. The molecule has 8 heteroatoms. The number of aromatic nitrogens is 2. The van der Waals surface area contributed by atoms with Gasteiger partial charge in [-0.25, -0.2) is 9.97 Å². The number of anilines is 1. The van der Waals surface area contributed by atoms with Crippen LogP contribution in [0, 0.1) is 0 Å². The molecule has 0 aromatic carbocycles. The van der Waals surface area contributed by atoms with Crippen molar-refractivity contribution in [3.63, 3.8) is 0 Å². The summed E-state index contributed by atoms with van der Waals surface area (Å²) in [5.74, 6) is -1.90. The maximum Gasteiger partial charge on any atom is 0.323 e. The van der Waals surface area contributed by atoms with Gasteiger partial charge in [-0.1, -0.05) is 0 Å². The first-order valence-electron chi connectivity index (χ1n) is 4.94. The average Bonchev–Trinajstić information content (AvgIpc) is 2.74. The molecule has 2 aromatic heterocycles. The molecule has 0 saturated carbocycles. The van der Waals surface area contributed by atoms with Crippen molar-refractivity contribution in [1.29, 1.82) is 0 Å². The minimum Gasteiger partial charge on any atom is -0.480 e. The first-order valence-corrected chi connectivity index (χ1v) is 5.82. The number of rotatable bonds is 5. The smallest absolute Gasteiger partial charge is 0.323 e. The highest BCUT2D eigenvalue weighted by Gasteiger charge is 2.18. The van der Waals surface area contributed by atoms with Gasteiger partial charge in [0.2, 0.25) is 0 Å². The standard InChI is InChI=1S/C10H9N3O4S/c14-7(15)3-13(4-8(16)17)9-6-1-2-18-10(6)12-5-11-9/h1-2,5H,3-4H2,(H,14,15)(H,16,17). The van der Waals surface area contributed by atoms with Gasteiger partial charge in [0, 0.05) is 0 Å². The van der Waals surface area contributed by atoms with Crippen LogP contribution in [0.1, 0.15) is 0 Å². The number of carbonyl (C=O) groups is 2. The molecule has 0 aliphatic heterocycles. The lowest BCUT2D eigenvalue weighted by Gasteiger charge is -2.19. The number of carboxylic acids is 2. The number of fused-ring (bicyclic) bond motifs is 1. The van der Waals surface area contributed by atoms with Crippen molar-refractivity contribution >= 4 is 39.3 Å². The lowest BCUT2D eigenvalue weighted by molar-refractivity contribution is -0.136. The maximum absolute atomic E-state index is 10.8. The second-order valence-corrected chi connectivity index (χ2v) is 4.37. The van der Waals surface area contributed by atoms with Crippen LogP contribution >= 0.6 is 11.3 Å². The highest BCUT2D eigenvalue weighted by atomic mass is 32.1. The summed E-state index contributed by atoms with van der Waals surface area (Å²) in [5.41, 5.74) is 0. The Morgan fingerprint density at radius 3 is 2.50 bits per heavy atom. The minimum absolute atomic E-state index is 0.325. The SMILES string of the molecule is O=C(O)CN(CC(=O)O)c1ncnc2sccc12. The van der Waals surface area contributed by atoms with Gasteiger partial charge in [0.1, 0.15) is 30.1 Å². The van der Waals surface area contributed by atoms with E-state index in [9.17, 15) is 9.59 Å². The van der Waals surface area contributed by atoms with Crippen molar-refractivity contribution in [1.82, 2.24) is 9.97 Å². The predicted molar refractivity (Wildman–Crippen MR) is 64.9 cm³/mol. The summed E-state index contributed by atoms with van der Waals surface area (Å²) in [6, 6.07) is 1.74. The molecule has 0 saturated heterocycles. The number of hydrogen-bond donors (Lipinski definition) is 2. The first kappa shape index (κ1) is 12.2. The van der Waals surface area contributed by atoms with Crippen LogP contribution in [0.2, 0.25) is 0 Å². The Morgan fingerprint density at radius 1 is 1.22 bits per heavy atom. The van der Waals surface area contributed by atoms with E-state index in [1.165, 1.54) is 22.6 Å². The summed E-state index contributed by atoms with van der Waals surface area (Å²) in [5, 5.41) is 20.1. The molecule has 0 fully saturated rings. The third-order valence-electron chi connectivity index (χ3n) is 2.19. The monoisotopic (exact) mass is 267 g/mol. The Labute approximate surface area is 105 Å². The van der Waals surface area contributed by atoms with Crippen LogP contribution in [0.25, 0.3) is 10.2 Å². The molecule has 0 atom stereocenters. The highest BCUT2D eigenvalue weighted by Crippen LogP contribution is 2.26. The molecular formula is C10H9N3O4S. The normalized spacial score (nSPS) is 10.4. The Morgan fingerprint density at radius 2 is 1.89 bits per heavy atom. The number of hydrogen-bond acceptors (Lipinski definition) is 6. The molecule has 2 heterocycles. The maximum atomic E-state index is 10.8. The minimum atomic E-state index is -1.11. The number of carboxylic acid groups (broad SMARTS) is 2. The zero-order valence-electron chi connectivity index (χ0n) is 9.11. The van der Waals surface area contributed by atoms with Crippen LogP contribution in [0.4, 0.5) is 5.82 Å². The molecule has 0 amide bonds. The Balaban J connectivity index is 2.42. The molecular weight excluding hydrogens is 258 g/mol. The van der Waals surface area contributed by atoms with Gasteiger partial charge in [0.15, 0.2) is 0 Å². The van der Waals surface area contributed by atoms with E-state index in [1.54, 1.807) is 11.4 Å². The molecule has 7 nitrogen and oxygen atoms in total. The Bertz CT molecular complexity index is 582. The summed E-state index contributed by atoms with van der Waals surface area (Å²) >= 11 is 1.38. The van der Waals surface area contributed by atoms with E-state index < -0.39 is 25.0 Å². The van der Waals surface area contributed by atoms with Crippen LogP contribution in [0.15, 0.2) is 17.8 Å². The topological polar surface area (TPSA) is 104 Å². The summed E-state index contributed by atoms with van der Waals surface area (Å²) < 4.78 is 0. The number of nitrogens with zero attached hydrogens (tertiary/aromatic N) is 3. The second kappa shape index (κ2) is 4.96. The Kier molecular flexibility index (Phi) is 3.38. The van der Waals surface area contributed by atoms with Crippen molar-refractivity contribution in [2.75, 3.05) is 18.0 Å². The van der Waals surface area contributed by atoms with Gasteiger partial charge in [0.25, 0.3) is 0 Å². The van der Waals surface area contributed by atoms with Crippen molar-refractivity contribution < 1.29 is 19.8 Å². The van der Waals surface area contributed by atoms with Crippen LogP contribution in [-0.4, -0.2) is 45.2 Å². The number of thiophene rings is 1. The van der Waals surface area contributed by atoms with Crippen molar-refractivity contribution in [3.8, 4) is 0 Å². The van der Waals surface area contributed by atoms with E-state index in [2.05, 4.69) is 9.97 Å². The first-order chi connectivity index (χ1) is 8.58. The highest BCUT2D eigenvalue weighted by molar-refractivity contribution is 7.16. The summed E-state index contributed by atoms with van der Waals surface area (Å²) in [7, 11) is 0. The van der Waals surface area contributed by atoms with Gasteiger partial charge in [-0.15, -0.1) is 11.3 Å². The fourth-order valence-electron chi connectivity index (χ4n) is 1.56. The number of aliphatic carboxylic acids is 2. The van der Waals surface area contributed by atoms with Gasteiger partial charge >= 0.3 is 11.9 Å². The molecule has 0 spiro atoms. The van der Waals surface area contributed by atoms with E-state index in [-0.39, 0.29) is 0 Å². The van der Waals surface area contributed by atoms with Crippen molar-refractivity contribution in [3.05, 3.63) is 17.8 Å². The fraction of sp³-hybridized carbons (Fsp3) is 0.200. The zero-order valence-corrected chi connectivity index (χ0v) is 9.92. The second-order valence-electron chi connectivity index (χ2n) is 3.48. The van der Waals surface area contributed by atoms with E-state index in [0.29, 0.717) is 16.0 Å². The molecule has 0 bridgehead atoms. The van der Waals surface area contributed by atoms with Gasteiger partial charge in [-0.3, -0.25) is 9.59 Å².